The third kappa shape index (κ3) is 6.18. The fourth-order valence-electron chi connectivity index (χ4n) is 2.62. The Morgan fingerprint density at radius 3 is 2.50 bits per heavy atom. The van der Waals surface area contributed by atoms with E-state index in [0.29, 0.717) is 11.4 Å². The quantitative estimate of drug-likeness (QED) is 0.551. The number of rotatable bonds is 9. The van der Waals surface area contributed by atoms with Gasteiger partial charge in [-0.05, 0) is 49.7 Å². The Morgan fingerprint density at radius 1 is 1.10 bits per heavy atom. The van der Waals surface area contributed by atoms with E-state index in [1.807, 2.05) is 0 Å². The van der Waals surface area contributed by atoms with E-state index in [1.165, 1.54) is 36.4 Å². The maximum absolute atomic E-state index is 13.1. The highest BCUT2D eigenvalue weighted by Crippen LogP contribution is 2.25. The lowest BCUT2D eigenvalue weighted by Gasteiger charge is -2.21. The van der Waals surface area contributed by atoms with Crippen molar-refractivity contribution in [1.29, 1.82) is 0 Å². The van der Waals surface area contributed by atoms with Gasteiger partial charge < -0.3 is 10.1 Å². The van der Waals surface area contributed by atoms with Crippen molar-refractivity contribution < 1.29 is 22.7 Å². The molecule has 0 bridgehead atoms. The molecule has 0 aliphatic rings. The molecule has 0 spiro atoms. The molecule has 1 N–H and O–H groups in total. The Morgan fingerprint density at radius 2 is 1.83 bits per heavy atom. The van der Waals surface area contributed by atoms with Crippen molar-refractivity contribution in [1.82, 2.24) is 4.31 Å². The zero-order valence-electron chi connectivity index (χ0n) is 16.5. The molecule has 0 unspecified atom stereocenters. The van der Waals surface area contributed by atoms with E-state index in [2.05, 4.69) is 5.32 Å². The number of esters is 1. The number of amides is 1. The van der Waals surface area contributed by atoms with Gasteiger partial charge in [0.1, 0.15) is 0 Å². The van der Waals surface area contributed by atoms with E-state index in [9.17, 15) is 18.0 Å². The van der Waals surface area contributed by atoms with Crippen LogP contribution in [0.15, 0.2) is 47.4 Å². The second-order valence-corrected chi connectivity index (χ2v) is 9.04. The third-order valence-corrected chi connectivity index (χ3v) is 6.38. The summed E-state index contributed by atoms with van der Waals surface area (Å²) in [6, 6.07) is 10.1. The number of nitrogens with one attached hydrogen (secondary N) is 1. The lowest BCUT2D eigenvalue weighted by atomic mass is 10.2. The summed E-state index contributed by atoms with van der Waals surface area (Å²) in [6.07, 6.45) is 0.488. The third-order valence-electron chi connectivity index (χ3n) is 3.98. The first kappa shape index (κ1) is 24.1. The van der Waals surface area contributed by atoms with Crippen molar-refractivity contribution in [3.05, 3.63) is 58.1 Å². The summed E-state index contributed by atoms with van der Waals surface area (Å²) in [5, 5.41) is 3.23. The van der Waals surface area contributed by atoms with Crippen LogP contribution < -0.4 is 5.32 Å². The first-order valence-corrected chi connectivity index (χ1v) is 11.4. The zero-order chi connectivity index (χ0) is 22.3. The summed E-state index contributed by atoms with van der Waals surface area (Å²) in [7, 11) is -4.03. The van der Waals surface area contributed by atoms with Crippen molar-refractivity contribution in [2.24, 2.45) is 0 Å². The number of hydrogen-bond acceptors (Lipinski definition) is 5. The molecular formula is C20H22Cl2N2O5S. The van der Waals surface area contributed by atoms with Crippen LogP contribution in [0.25, 0.3) is 0 Å². The number of sulfonamides is 1. The topological polar surface area (TPSA) is 92.8 Å². The molecule has 0 heterocycles. The van der Waals surface area contributed by atoms with Crippen LogP contribution in [0.4, 0.5) is 5.69 Å². The fraction of sp³-hybridized carbons (Fsp3) is 0.300. The highest BCUT2D eigenvalue weighted by Gasteiger charge is 2.27. The zero-order valence-corrected chi connectivity index (χ0v) is 18.9. The standard InChI is InChI=1S/C20H22Cl2N2O5S/c1-3-10-24(13-19(25)23-18-12-15(21)8-9-17(18)22)30(27,28)16-7-5-6-14(11-16)20(26)29-4-2/h5-9,11-12H,3-4,10,13H2,1-2H3,(H,23,25). The van der Waals surface area contributed by atoms with Gasteiger partial charge in [0.2, 0.25) is 15.9 Å². The van der Waals surface area contributed by atoms with Gasteiger partial charge >= 0.3 is 5.97 Å². The van der Waals surface area contributed by atoms with Gasteiger partial charge in [-0.3, -0.25) is 4.79 Å². The van der Waals surface area contributed by atoms with Crippen LogP contribution in [0.3, 0.4) is 0 Å². The monoisotopic (exact) mass is 472 g/mol. The number of ether oxygens (including phenoxy) is 1. The molecule has 0 aromatic heterocycles. The summed E-state index contributed by atoms with van der Waals surface area (Å²) in [5.74, 6) is -1.19. The minimum atomic E-state index is -4.03. The van der Waals surface area contributed by atoms with E-state index >= 15 is 0 Å². The molecule has 10 heteroatoms. The first-order valence-electron chi connectivity index (χ1n) is 9.21. The Bertz CT molecular complexity index is 1030. The lowest BCUT2D eigenvalue weighted by molar-refractivity contribution is -0.116. The molecule has 0 aliphatic heterocycles. The second kappa shape index (κ2) is 10.8. The SMILES string of the molecule is CCCN(CC(=O)Nc1cc(Cl)ccc1Cl)S(=O)(=O)c1cccc(C(=O)OCC)c1. The predicted molar refractivity (Wildman–Crippen MR) is 117 cm³/mol. The number of hydrogen-bond donors (Lipinski definition) is 1. The number of carbonyl (C=O) groups is 2. The Labute approximate surface area is 186 Å². The van der Waals surface area contributed by atoms with Crippen LogP contribution in [-0.2, 0) is 19.6 Å². The number of nitrogens with zero attached hydrogens (tertiary/aromatic N) is 1. The normalized spacial score (nSPS) is 11.4. The lowest BCUT2D eigenvalue weighted by Crippen LogP contribution is -2.38. The number of carbonyl (C=O) groups excluding carboxylic acids is 2. The molecule has 0 saturated carbocycles. The van der Waals surface area contributed by atoms with E-state index in [0.717, 1.165) is 4.31 Å². The Hall–Kier alpha value is -2.13. The molecule has 0 radical (unpaired) electrons. The van der Waals surface area contributed by atoms with Gasteiger partial charge in [0.05, 0.1) is 34.3 Å². The van der Waals surface area contributed by atoms with Gasteiger partial charge in [-0.25, -0.2) is 13.2 Å². The van der Waals surface area contributed by atoms with E-state index < -0.39 is 28.4 Å². The van der Waals surface area contributed by atoms with E-state index in [1.54, 1.807) is 19.9 Å². The summed E-state index contributed by atoms with van der Waals surface area (Å²) in [5.41, 5.74) is 0.400. The summed E-state index contributed by atoms with van der Waals surface area (Å²) >= 11 is 12.0. The Kier molecular flexibility index (Phi) is 8.66. The number of anilines is 1. The molecule has 30 heavy (non-hydrogen) atoms. The van der Waals surface area contributed by atoms with Gasteiger partial charge in [-0.15, -0.1) is 0 Å². The minimum absolute atomic E-state index is 0.102. The molecular weight excluding hydrogens is 451 g/mol. The second-order valence-electron chi connectivity index (χ2n) is 6.26. The average molecular weight is 473 g/mol. The smallest absolute Gasteiger partial charge is 0.338 e. The van der Waals surface area contributed by atoms with E-state index in [-0.39, 0.29) is 34.3 Å². The molecule has 0 saturated heterocycles. The van der Waals surface area contributed by atoms with Gasteiger partial charge in [-0.1, -0.05) is 36.2 Å². The minimum Gasteiger partial charge on any atom is -0.462 e. The maximum Gasteiger partial charge on any atom is 0.338 e. The average Bonchev–Trinajstić information content (AvgIpc) is 2.70. The fourth-order valence-corrected chi connectivity index (χ4v) is 4.50. The van der Waals surface area contributed by atoms with Crippen LogP contribution in [0.5, 0.6) is 0 Å². The molecule has 2 aromatic carbocycles. The molecule has 162 valence electrons. The molecule has 2 rings (SSSR count). The van der Waals surface area contributed by atoms with Crippen molar-refractivity contribution >= 4 is 50.8 Å². The summed E-state index contributed by atoms with van der Waals surface area (Å²) < 4.78 is 32.2. The number of benzene rings is 2. The van der Waals surface area contributed by atoms with Gasteiger partial charge in [0.15, 0.2) is 0 Å². The van der Waals surface area contributed by atoms with Gasteiger partial charge in [-0.2, -0.15) is 4.31 Å². The summed E-state index contributed by atoms with van der Waals surface area (Å²) in [4.78, 5) is 24.3. The van der Waals surface area contributed by atoms with Crippen molar-refractivity contribution in [2.45, 2.75) is 25.2 Å². The van der Waals surface area contributed by atoms with Crippen LogP contribution in [0, 0.1) is 0 Å². The summed E-state index contributed by atoms with van der Waals surface area (Å²) in [6.45, 7) is 3.31. The highest BCUT2D eigenvalue weighted by atomic mass is 35.5. The van der Waals surface area contributed by atoms with Crippen molar-refractivity contribution in [3.8, 4) is 0 Å². The van der Waals surface area contributed by atoms with Crippen LogP contribution in [0.1, 0.15) is 30.6 Å². The predicted octanol–water partition coefficient (Wildman–Crippen LogP) is 4.21. The molecule has 0 fully saturated rings. The molecule has 0 aliphatic carbocycles. The number of halogens is 2. The molecule has 1 amide bonds. The molecule has 0 atom stereocenters. The van der Waals surface area contributed by atoms with E-state index in [4.69, 9.17) is 27.9 Å². The molecule has 2 aromatic rings. The first-order chi connectivity index (χ1) is 14.2. The van der Waals surface area contributed by atoms with Gasteiger partial charge in [0.25, 0.3) is 0 Å². The highest BCUT2D eigenvalue weighted by molar-refractivity contribution is 7.89. The van der Waals surface area contributed by atoms with Crippen LogP contribution in [-0.4, -0.2) is 44.3 Å². The van der Waals surface area contributed by atoms with Crippen LogP contribution in [0.2, 0.25) is 10.0 Å². The van der Waals surface area contributed by atoms with Crippen molar-refractivity contribution in [2.75, 3.05) is 25.0 Å². The van der Waals surface area contributed by atoms with Gasteiger partial charge in [0, 0.05) is 11.6 Å². The largest absolute Gasteiger partial charge is 0.462 e. The van der Waals surface area contributed by atoms with Crippen molar-refractivity contribution in [3.63, 3.8) is 0 Å². The van der Waals surface area contributed by atoms with Crippen LogP contribution >= 0.6 is 23.2 Å². The molecule has 7 nitrogen and oxygen atoms in total. The maximum atomic E-state index is 13.1. The Balaban J connectivity index is 2.25.